The lowest BCUT2D eigenvalue weighted by Gasteiger charge is -2.19. The third-order valence-electron chi connectivity index (χ3n) is 14.2. The van der Waals surface area contributed by atoms with Gasteiger partial charge in [-0.2, -0.15) is 0 Å². The molecule has 4 heterocycles. The van der Waals surface area contributed by atoms with Crippen LogP contribution >= 0.6 is 0 Å². The van der Waals surface area contributed by atoms with Crippen LogP contribution in [-0.2, 0) is 0 Å². The average Bonchev–Trinajstić information content (AvgIpc) is 4.08. The molecule has 0 atom stereocenters. The Bertz CT molecular complexity index is 4180. The number of hydrogen-bond donors (Lipinski definition) is 0. The summed E-state index contributed by atoms with van der Waals surface area (Å²) in [6.45, 7) is -0.109. The monoisotopic (exact) mass is 891 g/mol. The summed E-state index contributed by atoms with van der Waals surface area (Å²) in [6.07, 6.45) is 0. The van der Waals surface area contributed by atoms with Crippen LogP contribution < -0.4 is 16.4 Å². The van der Waals surface area contributed by atoms with Crippen molar-refractivity contribution in [1.82, 2.24) is 23.7 Å². The average molecular weight is 892 g/mol. The number of rotatable bonds is 8. The van der Waals surface area contributed by atoms with E-state index < -0.39 is 0 Å². The van der Waals surface area contributed by atoms with Gasteiger partial charge in [-0.05, 0) is 60.7 Å². The predicted molar refractivity (Wildman–Crippen MR) is 293 cm³/mol. The van der Waals surface area contributed by atoms with Gasteiger partial charge in [0.1, 0.15) is 0 Å². The van der Waals surface area contributed by atoms with Gasteiger partial charge < -0.3 is 9.13 Å². The highest BCUT2D eigenvalue weighted by atomic mass is 15.2. The second-order valence-electron chi connectivity index (χ2n) is 18.1. The maximum atomic E-state index is 5.55. The number of para-hydroxylation sites is 4. The Morgan fingerprint density at radius 1 is 0.300 bits per heavy atom. The lowest BCUT2D eigenvalue weighted by molar-refractivity contribution is 0.998. The zero-order chi connectivity index (χ0) is 46.1. The first-order valence-corrected chi connectivity index (χ1v) is 24.0. The third-order valence-corrected chi connectivity index (χ3v) is 14.2. The van der Waals surface area contributed by atoms with E-state index in [2.05, 4.69) is 268 Å². The molecule has 0 aliphatic carbocycles. The maximum Gasteiger partial charge on any atom is 0.242 e. The van der Waals surface area contributed by atoms with Gasteiger partial charge in [0.15, 0.2) is 0 Å². The minimum atomic E-state index is -0.109. The molecular weight excluding hydrogens is 850 g/mol. The molecule has 0 saturated heterocycles. The Kier molecular flexibility index (Phi) is 9.24. The van der Waals surface area contributed by atoms with Crippen molar-refractivity contribution < 1.29 is 0 Å². The summed E-state index contributed by atoms with van der Waals surface area (Å²) in [4.78, 5) is 11.1. The van der Waals surface area contributed by atoms with E-state index in [1.165, 1.54) is 38.1 Å². The Labute approximate surface area is 404 Å². The molecule has 0 N–H and O–H groups in total. The number of hydrogen-bond acceptors (Lipinski definition) is 2. The molecule has 70 heavy (non-hydrogen) atoms. The van der Waals surface area contributed by atoms with Crippen LogP contribution in [0.1, 0.15) is 0 Å². The van der Waals surface area contributed by atoms with Crippen molar-refractivity contribution in [3.8, 4) is 39.8 Å². The fraction of sp³-hybridized carbons (Fsp3) is 0. The second kappa shape index (κ2) is 16.2. The van der Waals surface area contributed by atoms with Crippen LogP contribution in [-0.4, -0.2) is 30.4 Å². The molecular formula is C64H42BN5. The largest absolute Gasteiger partial charge is 0.309 e. The number of fused-ring (bicyclic) bond motifs is 10. The standard InChI is InChI=1S/C64H42BN5/c1-6-22-43(23-7-1)54-42-55(44-24-8-2-9-25-44)67-64(66-54)70-58-37-21-17-33-50(58)61-53(65(45-26-10-3-11-27-45)46-28-12-4-13-29-46)41-60-62(63(61)70)51-34-18-20-36-57(51)69(60)48-38-39-59-52(40-48)49-32-16-19-35-56(49)68(59)47-30-14-5-15-31-47/h1-42H. The zero-order valence-electron chi connectivity index (χ0n) is 38.1. The number of nitrogens with zero attached hydrogens (tertiary/aromatic N) is 5. The minimum absolute atomic E-state index is 0.109. The molecule has 6 heteroatoms. The van der Waals surface area contributed by atoms with Gasteiger partial charge in [-0.3, -0.25) is 4.57 Å². The van der Waals surface area contributed by atoms with E-state index in [0.29, 0.717) is 5.95 Å². The van der Waals surface area contributed by atoms with Crippen molar-refractivity contribution in [3.63, 3.8) is 0 Å². The molecule has 14 aromatic rings. The first-order chi connectivity index (χ1) is 34.8. The van der Waals surface area contributed by atoms with E-state index in [4.69, 9.17) is 9.97 Å². The molecule has 0 aliphatic rings. The predicted octanol–water partition coefficient (Wildman–Crippen LogP) is 13.6. The minimum Gasteiger partial charge on any atom is -0.309 e. The van der Waals surface area contributed by atoms with Gasteiger partial charge in [0.25, 0.3) is 0 Å². The lowest BCUT2D eigenvalue weighted by Crippen LogP contribution is -2.52. The fourth-order valence-electron chi connectivity index (χ4n) is 11.2. The third kappa shape index (κ3) is 6.27. The lowest BCUT2D eigenvalue weighted by atomic mass is 9.36. The van der Waals surface area contributed by atoms with Crippen LogP contribution in [0.4, 0.5) is 0 Å². The van der Waals surface area contributed by atoms with Crippen LogP contribution in [0.15, 0.2) is 255 Å². The molecule has 0 amide bonds. The molecule has 4 aromatic heterocycles. The Balaban J connectivity index is 1.16. The summed E-state index contributed by atoms with van der Waals surface area (Å²) in [5.74, 6) is 0.618. The summed E-state index contributed by atoms with van der Waals surface area (Å²) in [5.41, 5.74) is 16.4. The van der Waals surface area contributed by atoms with Crippen molar-refractivity contribution in [1.29, 1.82) is 0 Å². The van der Waals surface area contributed by atoms with Crippen LogP contribution in [0, 0.1) is 0 Å². The summed E-state index contributed by atoms with van der Waals surface area (Å²) in [7, 11) is 0. The van der Waals surface area contributed by atoms with Crippen molar-refractivity contribution in [3.05, 3.63) is 255 Å². The summed E-state index contributed by atoms with van der Waals surface area (Å²) in [6, 6.07) is 91.8. The molecule has 0 bridgehead atoms. The van der Waals surface area contributed by atoms with Crippen LogP contribution in [0.3, 0.4) is 0 Å². The van der Waals surface area contributed by atoms with Crippen LogP contribution in [0.2, 0.25) is 0 Å². The quantitative estimate of drug-likeness (QED) is 0.143. The maximum absolute atomic E-state index is 5.55. The van der Waals surface area contributed by atoms with E-state index >= 15 is 0 Å². The fourth-order valence-corrected chi connectivity index (χ4v) is 11.2. The van der Waals surface area contributed by atoms with Gasteiger partial charge >= 0.3 is 0 Å². The molecule has 14 rings (SSSR count). The van der Waals surface area contributed by atoms with Gasteiger partial charge in [-0.1, -0.05) is 211 Å². The van der Waals surface area contributed by atoms with Crippen molar-refractivity contribution >= 4 is 88.5 Å². The molecule has 5 nitrogen and oxygen atoms in total. The zero-order valence-corrected chi connectivity index (χ0v) is 38.1. The van der Waals surface area contributed by atoms with Gasteiger partial charge in [0.05, 0.1) is 44.5 Å². The van der Waals surface area contributed by atoms with Crippen molar-refractivity contribution in [2.75, 3.05) is 0 Å². The van der Waals surface area contributed by atoms with E-state index in [-0.39, 0.29) is 6.71 Å². The summed E-state index contributed by atoms with van der Waals surface area (Å²) >= 11 is 0. The van der Waals surface area contributed by atoms with Gasteiger partial charge in [0.2, 0.25) is 12.7 Å². The molecule has 0 saturated carbocycles. The highest BCUT2D eigenvalue weighted by Crippen LogP contribution is 2.43. The molecule has 0 fully saturated rings. The van der Waals surface area contributed by atoms with Crippen molar-refractivity contribution in [2.45, 2.75) is 0 Å². The SMILES string of the molecule is c1ccc(B(c2ccccc2)c2cc3c(c4ccccc4n3-c3ccc4c(c3)c3ccccc3n4-c3ccccc3)c3c2c2ccccc2n3-c2nc(-c3ccccc3)cc(-c3ccccc3)n2)cc1. The highest BCUT2D eigenvalue weighted by molar-refractivity contribution is 6.97. The second-order valence-corrected chi connectivity index (χ2v) is 18.1. The molecule has 326 valence electrons. The summed E-state index contributed by atoms with van der Waals surface area (Å²) in [5, 5.41) is 7.04. The molecule has 0 unspecified atom stereocenters. The summed E-state index contributed by atoms with van der Waals surface area (Å²) < 4.78 is 7.24. The van der Waals surface area contributed by atoms with E-state index in [9.17, 15) is 0 Å². The van der Waals surface area contributed by atoms with Gasteiger partial charge in [-0.15, -0.1) is 0 Å². The Hall–Kier alpha value is -9.26. The molecule has 0 radical (unpaired) electrons. The molecule has 0 spiro atoms. The van der Waals surface area contributed by atoms with Crippen LogP contribution in [0.25, 0.3) is 105 Å². The number of benzene rings is 10. The smallest absolute Gasteiger partial charge is 0.242 e. The van der Waals surface area contributed by atoms with E-state index in [1.807, 2.05) is 0 Å². The Morgan fingerprint density at radius 3 is 1.33 bits per heavy atom. The molecule has 10 aromatic carbocycles. The van der Waals surface area contributed by atoms with Gasteiger partial charge in [-0.25, -0.2) is 9.97 Å². The molecule has 0 aliphatic heterocycles. The topological polar surface area (TPSA) is 40.6 Å². The van der Waals surface area contributed by atoms with E-state index in [1.54, 1.807) is 0 Å². The van der Waals surface area contributed by atoms with Crippen molar-refractivity contribution in [2.24, 2.45) is 0 Å². The normalized spacial score (nSPS) is 11.7. The first-order valence-electron chi connectivity index (χ1n) is 24.0. The first kappa shape index (κ1) is 39.9. The Morgan fingerprint density at radius 2 is 0.743 bits per heavy atom. The number of aromatic nitrogens is 5. The van der Waals surface area contributed by atoms with Gasteiger partial charge in [0, 0.05) is 54.8 Å². The van der Waals surface area contributed by atoms with Crippen LogP contribution in [0.5, 0.6) is 0 Å². The van der Waals surface area contributed by atoms with E-state index in [0.717, 1.165) is 77.6 Å². The highest BCUT2D eigenvalue weighted by Gasteiger charge is 2.31.